The Morgan fingerprint density at radius 1 is 0.975 bits per heavy atom. The minimum absolute atomic E-state index is 0.0157. The van der Waals surface area contributed by atoms with Crippen molar-refractivity contribution in [1.29, 1.82) is 0 Å². The van der Waals surface area contributed by atoms with Gasteiger partial charge in [0.05, 0.1) is 12.6 Å². The van der Waals surface area contributed by atoms with Gasteiger partial charge in [0.2, 0.25) is 5.91 Å². The van der Waals surface area contributed by atoms with E-state index < -0.39 is 0 Å². The van der Waals surface area contributed by atoms with Crippen LogP contribution >= 0.6 is 11.6 Å². The second-order valence-electron chi connectivity index (χ2n) is 10.7. The highest BCUT2D eigenvalue weighted by molar-refractivity contribution is 6.30. The molecule has 2 atom stereocenters. The van der Waals surface area contributed by atoms with Crippen LogP contribution in [0, 0.1) is 0 Å². The molecule has 2 bridgehead atoms. The molecule has 2 aliphatic rings. The topological polar surface area (TPSA) is 61.9 Å². The van der Waals surface area contributed by atoms with Crippen molar-refractivity contribution < 1.29 is 14.3 Å². The lowest BCUT2D eigenvalue weighted by Gasteiger charge is -2.44. The van der Waals surface area contributed by atoms with E-state index in [-0.39, 0.29) is 23.9 Å². The van der Waals surface area contributed by atoms with Gasteiger partial charge >= 0.3 is 0 Å². The number of nitrogens with one attached hydrogen (secondary N) is 1. The Labute approximate surface area is 241 Å². The van der Waals surface area contributed by atoms with Gasteiger partial charge in [-0.25, -0.2) is 0 Å². The van der Waals surface area contributed by atoms with Crippen LogP contribution < -0.4 is 10.1 Å². The van der Waals surface area contributed by atoms with Crippen LogP contribution in [0.25, 0.3) is 5.57 Å². The highest BCUT2D eigenvalue weighted by Crippen LogP contribution is 2.34. The number of ether oxygens (including phenoxy) is 1. The summed E-state index contributed by atoms with van der Waals surface area (Å²) in [5.41, 5.74) is 5.25. The second-order valence-corrected chi connectivity index (χ2v) is 11.1. The van der Waals surface area contributed by atoms with Crippen LogP contribution in [0.5, 0.6) is 5.75 Å². The molecule has 0 spiro atoms. The lowest BCUT2D eigenvalue weighted by atomic mass is 9.82. The third kappa shape index (κ3) is 6.75. The quantitative estimate of drug-likeness (QED) is 0.402. The number of amides is 2. The molecule has 0 radical (unpaired) electrons. The summed E-state index contributed by atoms with van der Waals surface area (Å²) in [6, 6.07) is 26.0. The molecule has 2 heterocycles. The SMILES string of the molecule is CC(=O)N1CC2CC(c3cccc(CCOc4cccc(Cl)c4)c3)=C(C(=O)N(C)CCc3ccccc3)C(C1)N2. The number of piperazine rings is 1. The first-order chi connectivity index (χ1) is 19.4. The fourth-order valence-corrected chi connectivity index (χ4v) is 5.81. The lowest BCUT2D eigenvalue weighted by Crippen LogP contribution is -2.61. The van der Waals surface area contributed by atoms with E-state index in [1.165, 1.54) is 5.56 Å². The summed E-state index contributed by atoms with van der Waals surface area (Å²) in [7, 11) is 1.87. The largest absolute Gasteiger partial charge is 0.493 e. The van der Waals surface area contributed by atoms with Crippen molar-refractivity contribution in [2.45, 2.75) is 38.3 Å². The van der Waals surface area contributed by atoms with Gasteiger partial charge in [-0.2, -0.15) is 0 Å². The molecule has 1 N–H and O–H groups in total. The molecular formula is C33H36ClN3O3. The molecule has 6 nitrogen and oxygen atoms in total. The molecular weight excluding hydrogens is 522 g/mol. The third-order valence-corrected chi connectivity index (χ3v) is 7.97. The summed E-state index contributed by atoms with van der Waals surface area (Å²) in [5.74, 6) is 0.812. The molecule has 5 rings (SSSR count). The van der Waals surface area contributed by atoms with Crippen LogP contribution in [0.3, 0.4) is 0 Å². The maximum atomic E-state index is 14.0. The highest BCUT2D eigenvalue weighted by Gasteiger charge is 2.39. The van der Waals surface area contributed by atoms with E-state index in [0.717, 1.165) is 40.9 Å². The molecule has 0 aromatic heterocycles. The lowest BCUT2D eigenvalue weighted by molar-refractivity contribution is -0.132. The number of carbonyl (C=O) groups excluding carboxylic acids is 2. The first-order valence-electron chi connectivity index (χ1n) is 13.9. The molecule has 208 valence electrons. The van der Waals surface area contributed by atoms with Crippen molar-refractivity contribution in [3.8, 4) is 5.75 Å². The number of fused-ring (bicyclic) bond motifs is 2. The fourth-order valence-electron chi connectivity index (χ4n) is 5.63. The fraction of sp³-hybridized carbons (Fsp3) is 0.333. The molecule has 1 saturated heterocycles. The van der Waals surface area contributed by atoms with Crippen molar-refractivity contribution in [2.75, 3.05) is 33.3 Å². The molecule has 40 heavy (non-hydrogen) atoms. The van der Waals surface area contributed by atoms with Crippen molar-refractivity contribution in [3.05, 3.63) is 106 Å². The van der Waals surface area contributed by atoms with Gasteiger partial charge in [-0.3, -0.25) is 9.59 Å². The minimum atomic E-state index is -0.201. The molecule has 2 aliphatic heterocycles. The average molecular weight is 558 g/mol. The Morgan fingerprint density at radius 3 is 2.52 bits per heavy atom. The Bertz CT molecular complexity index is 1390. The minimum Gasteiger partial charge on any atom is -0.493 e. The molecule has 2 unspecified atom stereocenters. The number of hydrogen-bond donors (Lipinski definition) is 1. The highest BCUT2D eigenvalue weighted by atomic mass is 35.5. The number of rotatable bonds is 9. The van der Waals surface area contributed by atoms with Crippen molar-refractivity contribution in [1.82, 2.24) is 15.1 Å². The van der Waals surface area contributed by atoms with Crippen molar-refractivity contribution in [2.24, 2.45) is 0 Å². The molecule has 0 saturated carbocycles. The molecule has 2 amide bonds. The maximum absolute atomic E-state index is 14.0. The Kier molecular flexibility index (Phi) is 8.88. The van der Waals surface area contributed by atoms with E-state index >= 15 is 0 Å². The van der Waals surface area contributed by atoms with Crippen LogP contribution in [0.2, 0.25) is 5.02 Å². The predicted octanol–water partition coefficient (Wildman–Crippen LogP) is 5.01. The van der Waals surface area contributed by atoms with E-state index in [1.54, 1.807) is 6.92 Å². The van der Waals surface area contributed by atoms with Gasteiger partial charge in [0, 0.05) is 56.7 Å². The van der Waals surface area contributed by atoms with Crippen LogP contribution in [-0.2, 0) is 22.4 Å². The van der Waals surface area contributed by atoms with Crippen LogP contribution in [0.15, 0.2) is 84.4 Å². The van der Waals surface area contributed by atoms with Crippen molar-refractivity contribution in [3.63, 3.8) is 0 Å². The van der Waals surface area contributed by atoms with Gasteiger partial charge in [0.15, 0.2) is 0 Å². The van der Waals surface area contributed by atoms with Crippen LogP contribution in [0.1, 0.15) is 30.0 Å². The summed E-state index contributed by atoms with van der Waals surface area (Å²) in [4.78, 5) is 30.0. The number of carbonyl (C=O) groups is 2. The van der Waals surface area contributed by atoms with Gasteiger partial charge in [-0.1, -0.05) is 72.3 Å². The second kappa shape index (κ2) is 12.7. The predicted molar refractivity (Wildman–Crippen MR) is 159 cm³/mol. The van der Waals surface area contributed by atoms with Crippen LogP contribution in [0.4, 0.5) is 0 Å². The number of benzene rings is 3. The van der Waals surface area contributed by atoms with E-state index in [4.69, 9.17) is 16.3 Å². The first kappa shape index (κ1) is 27.9. The van der Waals surface area contributed by atoms with Gasteiger partial charge in [0.1, 0.15) is 5.75 Å². The zero-order chi connectivity index (χ0) is 28.1. The summed E-state index contributed by atoms with van der Waals surface area (Å²) < 4.78 is 5.92. The summed E-state index contributed by atoms with van der Waals surface area (Å²) in [6.07, 6.45) is 2.21. The molecule has 1 fully saturated rings. The third-order valence-electron chi connectivity index (χ3n) is 7.74. The van der Waals surface area contributed by atoms with E-state index in [0.29, 0.717) is 37.7 Å². The molecule has 3 aromatic carbocycles. The van der Waals surface area contributed by atoms with Crippen molar-refractivity contribution >= 4 is 29.0 Å². The van der Waals surface area contributed by atoms with Gasteiger partial charge in [-0.05, 0) is 53.3 Å². The number of halogens is 1. The van der Waals surface area contributed by atoms with Crippen LogP contribution in [-0.4, -0.2) is 67.0 Å². The zero-order valence-electron chi connectivity index (χ0n) is 23.1. The smallest absolute Gasteiger partial charge is 0.251 e. The molecule has 3 aromatic rings. The first-order valence-corrected chi connectivity index (χ1v) is 14.3. The number of hydrogen-bond acceptors (Lipinski definition) is 4. The van der Waals surface area contributed by atoms with Gasteiger partial charge < -0.3 is 19.9 Å². The Balaban J connectivity index is 1.38. The number of likely N-dealkylation sites (N-methyl/N-ethyl adjacent to an activating group) is 1. The maximum Gasteiger partial charge on any atom is 0.251 e. The average Bonchev–Trinajstić information content (AvgIpc) is 2.96. The summed E-state index contributed by atoms with van der Waals surface area (Å²) in [6.45, 7) is 3.89. The normalized spacial score (nSPS) is 18.4. The zero-order valence-corrected chi connectivity index (χ0v) is 23.9. The summed E-state index contributed by atoms with van der Waals surface area (Å²) >= 11 is 6.08. The monoisotopic (exact) mass is 557 g/mol. The van der Waals surface area contributed by atoms with Gasteiger partial charge in [-0.15, -0.1) is 0 Å². The standard InChI is InChI=1S/C33H36ClN3O3/c1-23(38)37-21-28-20-30(26-11-6-10-25(18-26)15-17-40-29-13-7-12-27(34)19-29)32(31(22-37)35-28)33(39)36(2)16-14-24-8-4-3-5-9-24/h3-13,18-19,28,31,35H,14-17,20-22H2,1-2H3. The van der Waals surface area contributed by atoms with E-state index in [2.05, 4.69) is 41.7 Å². The van der Waals surface area contributed by atoms with E-state index in [9.17, 15) is 9.59 Å². The number of nitrogens with zero attached hydrogens (tertiary/aromatic N) is 2. The Morgan fingerprint density at radius 2 is 1.75 bits per heavy atom. The summed E-state index contributed by atoms with van der Waals surface area (Å²) in [5, 5.41) is 4.29. The molecule has 0 aliphatic carbocycles. The molecule has 7 heteroatoms. The van der Waals surface area contributed by atoms with E-state index in [1.807, 2.05) is 59.3 Å². The van der Waals surface area contributed by atoms with Gasteiger partial charge in [0.25, 0.3) is 5.91 Å². The Hall–Kier alpha value is -3.61.